The van der Waals surface area contributed by atoms with Crippen molar-refractivity contribution in [3.05, 3.63) is 36.0 Å². The summed E-state index contributed by atoms with van der Waals surface area (Å²) in [7, 11) is 0. The minimum absolute atomic E-state index is 0.0424. The number of fused-ring (bicyclic) bond motifs is 1. The van der Waals surface area contributed by atoms with Crippen LogP contribution in [0.15, 0.2) is 30.5 Å². The van der Waals surface area contributed by atoms with Crippen LogP contribution in [0.2, 0.25) is 0 Å². The highest BCUT2D eigenvalue weighted by molar-refractivity contribution is 5.83. The number of hydrogen-bond donors (Lipinski definition) is 3. The van der Waals surface area contributed by atoms with Gasteiger partial charge in [-0.3, -0.25) is 4.79 Å². The summed E-state index contributed by atoms with van der Waals surface area (Å²) in [6, 6.07) is 8.16. The molecule has 0 unspecified atom stereocenters. The van der Waals surface area contributed by atoms with Crippen LogP contribution in [0.4, 0.5) is 0 Å². The van der Waals surface area contributed by atoms with Crippen molar-refractivity contribution in [3.8, 4) is 0 Å². The molecule has 2 aromatic rings. The number of nitrogens with one attached hydrogen (secondary N) is 2. The van der Waals surface area contributed by atoms with E-state index in [-0.39, 0.29) is 12.3 Å². The second-order valence-electron chi connectivity index (χ2n) is 6.07. The summed E-state index contributed by atoms with van der Waals surface area (Å²) in [5, 5.41) is 14.4. The number of carbonyl (C=O) groups is 1. The maximum absolute atomic E-state index is 11.9. The van der Waals surface area contributed by atoms with E-state index in [0.29, 0.717) is 6.54 Å². The van der Waals surface area contributed by atoms with Crippen molar-refractivity contribution in [1.29, 1.82) is 0 Å². The highest BCUT2D eigenvalue weighted by Gasteiger charge is 2.33. The summed E-state index contributed by atoms with van der Waals surface area (Å²) in [6.45, 7) is 0.608. The minimum Gasteiger partial charge on any atom is -0.389 e. The number of rotatable bonds is 5. The van der Waals surface area contributed by atoms with Crippen LogP contribution >= 0.6 is 0 Å². The number of hydrogen-bond acceptors (Lipinski definition) is 2. The van der Waals surface area contributed by atoms with Gasteiger partial charge in [-0.2, -0.15) is 0 Å². The third kappa shape index (κ3) is 3.27. The molecule has 4 heteroatoms. The number of para-hydroxylation sites is 1. The van der Waals surface area contributed by atoms with Crippen molar-refractivity contribution in [2.45, 2.75) is 44.1 Å². The predicted molar refractivity (Wildman–Crippen MR) is 83.0 cm³/mol. The molecule has 1 aromatic heterocycles. The molecule has 1 saturated carbocycles. The van der Waals surface area contributed by atoms with Crippen LogP contribution in [0.3, 0.4) is 0 Å². The SMILES string of the molecule is O=C(CC1(O)CCCC1)NCCc1c[nH]c2ccccc12. The van der Waals surface area contributed by atoms with Crippen LogP contribution in [-0.2, 0) is 11.2 Å². The second kappa shape index (κ2) is 5.90. The van der Waals surface area contributed by atoms with Crippen molar-refractivity contribution in [3.63, 3.8) is 0 Å². The molecule has 1 aromatic carbocycles. The summed E-state index contributed by atoms with van der Waals surface area (Å²) >= 11 is 0. The Bertz CT molecular complexity index is 627. The first-order chi connectivity index (χ1) is 10.2. The molecule has 3 N–H and O–H groups in total. The van der Waals surface area contributed by atoms with Crippen LogP contribution in [0.5, 0.6) is 0 Å². The Labute approximate surface area is 124 Å². The molecular weight excluding hydrogens is 264 g/mol. The third-order valence-electron chi connectivity index (χ3n) is 4.42. The van der Waals surface area contributed by atoms with Crippen molar-refractivity contribution < 1.29 is 9.90 Å². The van der Waals surface area contributed by atoms with E-state index in [9.17, 15) is 9.90 Å². The lowest BCUT2D eigenvalue weighted by atomic mass is 9.97. The van der Waals surface area contributed by atoms with Gasteiger partial charge in [-0.1, -0.05) is 31.0 Å². The number of H-pyrrole nitrogens is 1. The highest BCUT2D eigenvalue weighted by Crippen LogP contribution is 2.32. The average Bonchev–Trinajstić information content (AvgIpc) is 3.06. The number of aromatic amines is 1. The number of carbonyl (C=O) groups excluding carboxylic acids is 1. The standard InChI is InChI=1S/C17H22N2O2/c20-16(11-17(21)8-3-4-9-17)18-10-7-13-12-19-15-6-2-1-5-14(13)15/h1-2,5-6,12,19,21H,3-4,7-11H2,(H,18,20). The largest absolute Gasteiger partial charge is 0.389 e. The molecule has 0 radical (unpaired) electrons. The van der Waals surface area contributed by atoms with Crippen LogP contribution in [0, 0.1) is 0 Å². The zero-order valence-corrected chi connectivity index (χ0v) is 12.2. The lowest BCUT2D eigenvalue weighted by molar-refractivity contribution is -0.125. The van der Waals surface area contributed by atoms with Gasteiger partial charge in [0.05, 0.1) is 12.0 Å². The van der Waals surface area contributed by atoms with E-state index in [1.54, 1.807) is 0 Å². The summed E-state index contributed by atoms with van der Waals surface area (Å²) in [6.07, 6.45) is 6.60. The molecule has 21 heavy (non-hydrogen) atoms. The van der Waals surface area contributed by atoms with Gasteiger partial charge in [0.15, 0.2) is 0 Å². The maximum Gasteiger partial charge on any atom is 0.222 e. The molecule has 0 atom stereocenters. The molecule has 1 amide bonds. The van der Waals surface area contributed by atoms with Crippen molar-refractivity contribution >= 4 is 16.8 Å². The lowest BCUT2D eigenvalue weighted by Crippen LogP contribution is -2.35. The summed E-state index contributed by atoms with van der Waals surface area (Å²) < 4.78 is 0. The summed E-state index contributed by atoms with van der Waals surface area (Å²) in [4.78, 5) is 15.2. The van der Waals surface area contributed by atoms with Gasteiger partial charge in [0.1, 0.15) is 0 Å². The van der Waals surface area contributed by atoms with Crippen molar-refractivity contribution in [2.24, 2.45) is 0 Å². The Morgan fingerprint density at radius 2 is 2.05 bits per heavy atom. The first-order valence-electron chi connectivity index (χ1n) is 7.70. The molecule has 0 bridgehead atoms. The van der Waals surface area contributed by atoms with E-state index in [4.69, 9.17) is 0 Å². The summed E-state index contributed by atoms with van der Waals surface area (Å²) in [5.74, 6) is -0.0424. The molecular formula is C17H22N2O2. The van der Waals surface area contributed by atoms with E-state index < -0.39 is 5.60 Å². The van der Waals surface area contributed by atoms with Gasteiger partial charge in [0.25, 0.3) is 0 Å². The second-order valence-corrected chi connectivity index (χ2v) is 6.07. The average molecular weight is 286 g/mol. The monoisotopic (exact) mass is 286 g/mol. The predicted octanol–water partition coefficient (Wildman–Crippen LogP) is 2.52. The van der Waals surface area contributed by atoms with Gasteiger partial charge in [-0.25, -0.2) is 0 Å². The Morgan fingerprint density at radius 1 is 1.29 bits per heavy atom. The van der Waals surface area contributed by atoms with Gasteiger partial charge in [-0.15, -0.1) is 0 Å². The van der Waals surface area contributed by atoms with Crippen LogP contribution in [0.25, 0.3) is 10.9 Å². The topological polar surface area (TPSA) is 65.1 Å². The van der Waals surface area contributed by atoms with Crippen LogP contribution < -0.4 is 5.32 Å². The fourth-order valence-electron chi connectivity index (χ4n) is 3.25. The van der Waals surface area contributed by atoms with Gasteiger partial charge < -0.3 is 15.4 Å². The molecule has 1 aliphatic carbocycles. The van der Waals surface area contributed by atoms with E-state index >= 15 is 0 Å². The Balaban J connectivity index is 1.50. The number of aliphatic hydroxyl groups is 1. The van der Waals surface area contributed by atoms with Gasteiger partial charge in [-0.05, 0) is 30.9 Å². The molecule has 1 heterocycles. The quantitative estimate of drug-likeness (QED) is 0.790. The zero-order chi connectivity index (χ0) is 14.7. The van der Waals surface area contributed by atoms with E-state index in [1.807, 2.05) is 24.4 Å². The van der Waals surface area contributed by atoms with Crippen molar-refractivity contribution in [2.75, 3.05) is 6.54 Å². The third-order valence-corrected chi connectivity index (χ3v) is 4.42. The maximum atomic E-state index is 11.9. The molecule has 0 aliphatic heterocycles. The molecule has 0 spiro atoms. The first kappa shape index (κ1) is 14.1. The van der Waals surface area contributed by atoms with Gasteiger partial charge in [0, 0.05) is 23.6 Å². The highest BCUT2D eigenvalue weighted by atomic mass is 16.3. The molecule has 4 nitrogen and oxygen atoms in total. The van der Waals surface area contributed by atoms with Crippen LogP contribution in [-0.4, -0.2) is 28.1 Å². The smallest absolute Gasteiger partial charge is 0.222 e. The lowest BCUT2D eigenvalue weighted by Gasteiger charge is -2.21. The van der Waals surface area contributed by atoms with Crippen molar-refractivity contribution in [1.82, 2.24) is 10.3 Å². The number of benzene rings is 1. The van der Waals surface area contributed by atoms with E-state index in [2.05, 4.69) is 16.4 Å². The Morgan fingerprint density at radius 3 is 2.86 bits per heavy atom. The zero-order valence-electron chi connectivity index (χ0n) is 12.2. The molecule has 1 aliphatic rings. The molecule has 0 saturated heterocycles. The fourth-order valence-corrected chi connectivity index (χ4v) is 3.25. The molecule has 3 rings (SSSR count). The summed E-state index contributed by atoms with van der Waals surface area (Å²) in [5.41, 5.74) is 1.58. The Kier molecular flexibility index (Phi) is 3.97. The number of amides is 1. The number of aromatic nitrogens is 1. The normalized spacial score (nSPS) is 17.2. The molecule has 1 fully saturated rings. The van der Waals surface area contributed by atoms with E-state index in [1.165, 1.54) is 10.9 Å². The Hall–Kier alpha value is -1.81. The van der Waals surface area contributed by atoms with E-state index in [0.717, 1.165) is 37.6 Å². The van der Waals surface area contributed by atoms with Gasteiger partial charge in [0.2, 0.25) is 5.91 Å². The molecule has 112 valence electrons. The minimum atomic E-state index is -0.759. The van der Waals surface area contributed by atoms with Gasteiger partial charge >= 0.3 is 0 Å². The first-order valence-corrected chi connectivity index (χ1v) is 7.70. The van der Waals surface area contributed by atoms with Crippen LogP contribution in [0.1, 0.15) is 37.7 Å². The fraction of sp³-hybridized carbons (Fsp3) is 0.471.